The Hall–Kier alpha value is 0.136. The number of fused-ring (bicyclic) bond motifs is 1. The van der Waals surface area contributed by atoms with E-state index in [4.69, 9.17) is 0 Å². The Morgan fingerprint density at radius 1 is 1.08 bits per heavy atom. The molecule has 0 spiro atoms. The summed E-state index contributed by atoms with van der Waals surface area (Å²) in [5.41, 5.74) is 1.05. The average Bonchev–Trinajstić information content (AvgIpc) is 2.04. The molecule has 54 valence electrons. The summed E-state index contributed by atoms with van der Waals surface area (Å²) in [7, 11) is 0. The van der Waals surface area contributed by atoms with Crippen LogP contribution in [0.3, 0.4) is 0 Å². The number of hydrogen-bond acceptors (Lipinski definition) is 1. The topological polar surface area (TPSA) is 12.9 Å². The van der Waals surface area contributed by atoms with Crippen molar-refractivity contribution in [3.63, 3.8) is 0 Å². The minimum absolute atomic E-state index is 0. The third kappa shape index (κ3) is 2.09. The van der Waals surface area contributed by atoms with Crippen LogP contribution in [0.2, 0.25) is 0 Å². The monoisotopic (exact) mass is 181 g/mol. The molecule has 0 saturated carbocycles. The van der Waals surface area contributed by atoms with Crippen LogP contribution in [0.4, 0.5) is 0 Å². The third-order valence-corrected chi connectivity index (χ3v) is 1.70. The summed E-state index contributed by atoms with van der Waals surface area (Å²) in [6.45, 7) is 3.85. The van der Waals surface area contributed by atoms with Crippen LogP contribution in [0.15, 0.2) is 36.7 Å². The molecule has 0 bridgehead atoms. The van der Waals surface area contributed by atoms with Gasteiger partial charge in [0.15, 0.2) is 0 Å². The molecule has 1 heterocycles. The van der Waals surface area contributed by atoms with Crippen molar-refractivity contribution < 1.29 is 51.4 Å². The standard InChI is InChI=1S/C10H8N.K/c1-8-2-3-10-7-11-5-4-9(10)6-8;/h2-7H,1H2;/q-1;+1. The fraction of sp³-hybridized carbons (Fsp3) is 0. The van der Waals surface area contributed by atoms with Gasteiger partial charge in [-0.05, 0) is 11.5 Å². The first-order chi connectivity index (χ1) is 5.36. The molecule has 1 nitrogen and oxygen atoms in total. The van der Waals surface area contributed by atoms with Gasteiger partial charge in [-0.15, -0.1) is 6.07 Å². The van der Waals surface area contributed by atoms with E-state index in [1.807, 2.05) is 24.4 Å². The summed E-state index contributed by atoms with van der Waals surface area (Å²) in [6.07, 6.45) is 3.65. The molecule has 0 unspecified atom stereocenters. The van der Waals surface area contributed by atoms with E-state index in [0.717, 1.165) is 5.56 Å². The average molecular weight is 181 g/mol. The quantitative estimate of drug-likeness (QED) is 0.391. The molecule has 12 heavy (non-hydrogen) atoms. The number of nitrogens with zero attached hydrogens (tertiary/aromatic N) is 1. The van der Waals surface area contributed by atoms with Crippen molar-refractivity contribution in [2.45, 2.75) is 0 Å². The van der Waals surface area contributed by atoms with Crippen LogP contribution >= 0.6 is 0 Å². The Bertz CT molecular complexity index is 384. The molecule has 0 radical (unpaired) electrons. The zero-order valence-electron chi connectivity index (χ0n) is 7.12. The van der Waals surface area contributed by atoms with E-state index in [1.54, 1.807) is 6.20 Å². The van der Waals surface area contributed by atoms with Gasteiger partial charge in [0.2, 0.25) is 0 Å². The van der Waals surface area contributed by atoms with Crippen LogP contribution in [-0.4, -0.2) is 4.98 Å². The van der Waals surface area contributed by atoms with Crippen LogP contribution in [-0.2, 0) is 0 Å². The summed E-state index contributed by atoms with van der Waals surface area (Å²) in [6, 6.07) is 8.07. The second-order valence-corrected chi connectivity index (χ2v) is 2.56. The molecular formula is C10H8KN. The second-order valence-electron chi connectivity index (χ2n) is 2.56. The van der Waals surface area contributed by atoms with E-state index in [9.17, 15) is 0 Å². The van der Waals surface area contributed by atoms with Crippen molar-refractivity contribution in [1.29, 1.82) is 0 Å². The van der Waals surface area contributed by atoms with Crippen molar-refractivity contribution in [3.05, 3.63) is 49.1 Å². The summed E-state index contributed by atoms with van der Waals surface area (Å²) in [5.74, 6) is 0. The zero-order chi connectivity index (χ0) is 7.68. The summed E-state index contributed by atoms with van der Waals surface area (Å²) in [4.78, 5) is 4.02. The Kier molecular flexibility index (Phi) is 3.74. The molecule has 1 aromatic heterocycles. The van der Waals surface area contributed by atoms with E-state index in [2.05, 4.69) is 18.0 Å². The molecule has 2 rings (SSSR count). The number of rotatable bonds is 0. The Morgan fingerprint density at radius 2 is 1.92 bits per heavy atom. The molecule has 2 heteroatoms. The SMILES string of the molecule is [CH2-]c1ccc2cnccc2c1.[K+]. The van der Waals surface area contributed by atoms with E-state index < -0.39 is 0 Å². The number of pyridine rings is 1. The fourth-order valence-electron chi connectivity index (χ4n) is 1.13. The van der Waals surface area contributed by atoms with Gasteiger partial charge in [-0.2, -0.15) is 24.6 Å². The molecule has 0 fully saturated rings. The fourth-order valence-corrected chi connectivity index (χ4v) is 1.13. The van der Waals surface area contributed by atoms with Crippen molar-refractivity contribution >= 4 is 10.8 Å². The maximum absolute atomic E-state index is 4.02. The smallest absolute Gasteiger partial charge is 0.264 e. The van der Waals surface area contributed by atoms with E-state index in [0.29, 0.717) is 0 Å². The molecule has 0 N–H and O–H groups in total. The molecule has 0 aliphatic rings. The van der Waals surface area contributed by atoms with Crippen molar-refractivity contribution in [1.82, 2.24) is 4.98 Å². The Balaban J connectivity index is 0.000000720. The van der Waals surface area contributed by atoms with Gasteiger partial charge in [0, 0.05) is 12.4 Å². The Labute approximate surface area is 115 Å². The van der Waals surface area contributed by atoms with E-state index in [1.165, 1.54) is 10.8 Å². The molecule has 2 aromatic rings. The largest absolute Gasteiger partial charge is 1.00 e. The normalized spacial score (nSPS) is 9.33. The first kappa shape index (κ1) is 10.2. The summed E-state index contributed by atoms with van der Waals surface area (Å²) in [5, 5.41) is 2.37. The first-order valence-electron chi connectivity index (χ1n) is 3.52. The van der Waals surface area contributed by atoms with Gasteiger partial charge >= 0.3 is 51.4 Å². The van der Waals surface area contributed by atoms with Crippen LogP contribution < -0.4 is 51.4 Å². The predicted octanol–water partition coefficient (Wildman–Crippen LogP) is -0.579. The van der Waals surface area contributed by atoms with Gasteiger partial charge in [-0.25, -0.2) is 0 Å². The second kappa shape index (κ2) is 4.39. The molecule has 0 aliphatic carbocycles. The molecule has 0 atom stereocenters. The van der Waals surface area contributed by atoms with Gasteiger partial charge < -0.3 is 0 Å². The summed E-state index contributed by atoms with van der Waals surface area (Å²) < 4.78 is 0. The maximum atomic E-state index is 4.02. The molecule has 0 aliphatic heterocycles. The van der Waals surface area contributed by atoms with Crippen LogP contribution in [0.25, 0.3) is 10.8 Å². The van der Waals surface area contributed by atoms with Gasteiger partial charge in [0.25, 0.3) is 0 Å². The van der Waals surface area contributed by atoms with Gasteiger partial charge in [-0.3, -0.25) is 4.98 Å². The molecular weight excluding hydrogens is 173 g/mol. The van der Waals surface area contributed by atoms with Crippen LogP contribution in [0.5, 0.6) is 0 Å². The number of hydrogen-bond donors (Lipinski definition) is 0. The third-order valence-electron chi connectivity index (χ3n) is 1.70. The van der Waals surface area contributed by atoms with Gasteiger partial charge in [-0.1, -0.05) is 5.39 Å². The van der Waals surface area contributed by atoms with Crippen LogP contribution in [0, 0.1) is 6.92 Å². The van der Waals surface area contributed by atoms with Crippen molar-refractivity contribution in [2.75, 3.05) is 0 Å². The molecule has 0 saturated heterocycles. The Morgan fingerprint density at radius 3 is 2.75 bits per heavy atom. The minimum Gasteiger partial charge on any atom is -0.264 e. The van der Waals surface area contributed by atoms with Gasteiger partial charge in [0.1, 0.15) is 0 Å². The van der Waals surface area contributed by atoms with E-state index in [-0.39, 0.29) is 51.4 Å². The van der Waals surface area contributed by atoms with Crippen molar-refractivity contribution in [3.8, 4) is 0 Å². The summed E-state index contributed by atoms with van der Waals surface area (Å²) >= 11 is 0. The number of benzene rings is 1. The number of aromatic nitrogens is 1. The first-order valence-corrected chi connectivity index (χ1v) is 3.52. The predicted molar refractivity (Wildman–Crippen MR) is 46.2 cm³/mol. The van der Waals surface area contributed by atoms with Gasteiger partial charge in [0.05, 0.1) is 0 Å². The zero-order valence-corrected chi connectivity index (χ0v) is 10.2. The maximum Gasteiger partial charge on any atom is 1.00 e. The molecule has 0 amide bonds. The van der Waals surface area contributed by atoms with E-state index >= 15 is 0 Å². The minimum atomic E-state index is 0. The van der Waals surface area contributed by atoms with Crippen LogP contribution in [0.1, 0.15) is 5.56 Å². The molecule has 1 aromatic carbocycles. The van der Waals surface area contributed by atoms with Crippen molar-refractivity contribution in [2.24, 2.45) is 0 Å².